The van der Waals surface area contributed by atoms with Crippen LogP contribution in [0.15, 0.2) is 28.4 Å². The van der Waals surface area contributed by atoms with Crippen molar-refractivity contribution in [3.8, 4) is 10.8 Å². The predicted molar refractivity (Wildman–Crippen MR) is 97.3 cm³/mol. The maximum atomic E-state index is 11.9. The zero-order chi connectivity index (χ0) is 17.1. The monoisotopic (exact) mass is 363 g/mol. The average molecular weight is 364 g/mol. The second kappa shape index (κ2) is 7.53. The highest BCUT2D eigenvalue weighted by Crippen LogP contribution is 2.37. The molecular formula is C17H21N3O2S2. The van der Waals surface area contributed by atoms with Crippen molar-refractivity contribution in [1.82, 2.24) is 15.5 Å². The Morgan fingerprint density at radius 3 is 3.25 bits per heavy atom. The van der Waals surface area contributed by atoms with Gasteiger partial charge in [-0.1, -0.05) is 24.8 Å². The summed E-state index contributed by atoms with van der Waals surface area (Å²) >= 11 is 3.02. The molecule has 2 atom stereocenters. The number of aryl methyl sites for hydroxylation is 1. The van der Waals surface area contributed by atoms with Crippen LogP contribution in [0.3, 0.4) is 0 Å². The number of amides is 1. The second-order valence-corrected chi connectivity index (χ2v) is 8.50. The fourth-order valence-corrected chi connectivity index (χ4v) is 4.53. The van der Waals surface area contributed by atoms with Gasteiger partial charge >= 0.3 is 0 Å². The van der Waals surface area contributed by atoms with E-state index in [4.69, 9.17) is 4.42 Å². The number of hydrogen-bond acceptors (Lipinski definition) is 6. The molecule has 0 saturated carbocycles. The highest BCUT2D eigenvalue weighted by atomic mass is 32.2. The number of hydrogen-bond donors (Lipinski definition) is 1. The molecule has 0 radical (unpaired) electrons. The van der Waals surface area contributed by atoms with E-state index < -0.39 is 0 Å². The summed E-state index contributed by atoms with van der Waals surface area (Å²) in [6, 6.07) is 2.18. The van der Waals surface area contributed by atoms with E-state index in [0.29, 0.717) is 17.7 Å². The lowest BCUT2D eigenvalue weighted by atomic mass is 9.90. The first kappa shape index (κ1) is 17.2. The first-order valence-electron chi connectivity index (χ1n) is 8.07. The fraction of sp³-hybridized carbons (Fsp3) is 0.471. The van der Waals surface area contributed by atoms with Crippen LogP contribution in [-0.2, 0) is 17.6 Å². The smallest absolute Gasteiger partial charge is 0.277 e. The molecule has 1 aliphatic carbocycles. The summed E-state index contributed by atoms with van der Waals surface area (Å²) in [5.41, 5.74) is 1.42. The third-order valence-electron chi connectivity index (χ3n) is 4.01. The number of rotatable bonds is 6. The number of carbonyl (C=O) groups is 1. The summed E-state index contributed by atoms with van der Waals surface area (Å²) in [4.78, 5) is 14.3. The molecule has 0 aromatic carbocycles. The summed E-state index contributed by atoms with van der Waals surface area (Å²) in [5, 5.41) is 11.1. The van der Waals surface area contributed by atoms with Crippen molar-refractivity contribution in [3.05, 3.63) is 29.2 Å². The van der Waals surface area contributed by atoms with Crippen LogP contribution >= 0.6 is 23.1 Å². The van der Waals surface area contributed by atoms with Crippen LogP contribution in [0.2, 0.25) is 0 Å². The minimum atomic E-state index is -0.296. The van der Waals surface area contributed by atoms with Crippen molar-refractivity contribution >= 4 is 29.0 Å². The molecule has 1 N–H and O–H groups in total. The van der Waals surface area contributed by atoms with Gasteiger partial charge in [-0.15, -0.1) is 28.1 Å². The van der Waals surface area contributed by atoms with Crippen LogP contribution in [0.25, 0.3) is 10.8 Å². The maximum absolute atomic E-state index is 11.9. The number of aromatic nitrogens is 2. The second-order valence-electron chi connectivity index (χ2n) is 6.07. The van der Waals surface area contributed by atoms with E-state index in [1.165, 1.54) is 28.6 Å². The normalized spacial score (nSPS) is 18.0. The maximum Gasteiger partial charge on any atom is 0.277 e. The standard InChI is InChI=1S/C17H21N3O2S2/c1-4-7-18-15(21)11(3)23-17-20-19-16(22-17)14-9-12-8-10(2)5-6-13(12)24-14/h4,9-11H,1,5-8H2,2-3H3,(H,18,21)/t10-,11+/m1/s1. The number of nitrogens with zero attached hydrogens (tertiary/aromatic N) is 2. The number of fused-ring (bicyclic) bond motifs is 1. The molecule has 0 bridgehead atoms. The van der Waals surface area contributed by atoms with Crippen LogP contribution in [0, 0.1) is 5.92 Å². The largest absolute Gasteiger partial charge is 0.410 e. The van der Waals surface area contributed by atoms with Gasteiger partial charge < -0.3 is 9.73 Å². The summed E-state index contributed by atoms with van der Waals surface area (Å²) in [6.45, 7) is 8.15. The Bertz CT molecular complexity index is 738. The molecule has 128 valence electrons. The number of thiophene rings is 1. The Kier molecular flexibility index (Phi) is 5.40. The quantitative estimate of drug-likeness (QED) is 0.626. The molecule has 2 aromatic heterocycles. The number of thioether (sulfide) groups is 1. The van der Waals surface area contributed by atoms with Crippen molar-refractivity contribution in [1.29, 1.82) is 0 Å². The molecule has 0 saturated heterocycles. The highest BCUT2D eigenvalue weighted by Gasteiger charge is 2.22. The number of carbonyl (C=O) groups excluding carboxylic acids is 1. The van der Waals surface area contributed by atoms with E-state index in [-0.39, 0.29) is 11.2 Å². The Morgan fingerprint density at radius 1 is 1.62 bits per heavy atom. The van der Waals surface area contributed by atoms with Gasteiger partial charge in [0.25, 0.3) is 11.1 Å². The molecule has 3 rings (SSSR count). The average Bonchev–Trinajstić information content (AvgIpc) is 3.18. The van der Waals surface area contributed by atoms with Gasteiger partial charge in [0, 0.05) is 11.4 Å². The highest BCUT2D eigenvalue weighted by molar-refractivity contribution is 8.00. The summed E-state index contributed by atoms with van der Waals surface area (Å²) in [6.07, 6.45) is 5.16. The Balaban J connectivity index is 1.67. The predicted octanol–water partition coefficient (Wildman–Crippen LogP) is 3.71. The van der Waals surface area contributed by atoms with E-state index >= 15 is 0 Å². The third-order valence-corrected chi connectivity index (χ3v) is 6.17. The van der Waals surface area contributed by atoms with Crippen LogP contribution in [0.1, 0.15) is 30.7 Å². The molecule has 0 spiro atoms. The minimum absolute atomic E-state index is 0.0692. The molecule has 7 heteroatoms. The molecule has 24 heavy (non-hydrogen) atoms. The van der Waals surface area contributed by atoms with Crippen molar-refractivity contribution in [2.75, 3.05) is 6.54 Å². The molecule has 1 amide bonds. The van der Waals surface area contributed by atoms with E-state index in [0.717, 1.165) is 23.6 Å². The van der Waals surface area contributed by atoms with Crippen molar-refractivity contribution < 1.29 is 9.21 Å². The van der Waals surface area contributed by atoms with E-state index in [1.54, 1.807) is 17.4 Å². The number of nitrogens with one attached hydrogen (secondary N) is 1. The molecule has 2 heterocycles. The van der Waals surface area contributed by atoms with Gasteiger partial charge in [-0.3, -0.25) is 4.79 Å². The van der Waals surface area contributed by atoms with Gasteiger partial charge in [-0.2, -0.15) is 0 Å². The molecule has 5 nitrogen and oxygen atoms in total. The Morgan fingerprint density at radius 2 is 2.46 bits per heavy atom. The lowest BCUT2D eigenvalue weighted by molar-refractivity contribution is -0.120. The zero-order valence-corrected chi connectivity index (χ0v) is 15.5. The van der Waals surface area contributed by atoms with E-state index in [1.807, 2.05) is 6.92 Å². The molecule has 0 aliphatic heterocycles. The summed E-state index contributed by atoms with van der Waals surface area (Å²) < 4.78 is 5.75. The molecular weight excluding hydrogens is 342 g/mol. The molecule has 1 aliphatic rings. The van der Waals surface area contributed by atoms with Crippen LogP contribution in [0.5, 0.6) is 0 Å². The SMILES string of the molecule is C=CCNC(=O)[C@H](C)Sc1nnc(-c2cc3c(s2)CC[C@@H](C)C3)o1. The topological polar surface area (TPSA) is 68.0 Å². The Hall–Kier alpha value is -1.60. The van der Waals surface area contributed by atoms with Crippen LogP contribution in [-0.4, -0.2) is 27.9 Å². The van der Waals surface area contributed by atoms with E-state index in [9.17, 15) is 4.79 Å². The van der Waals surface area contributed by atoms with Crippen LogP contribution in [0.4, 0.5) is 0 Å². The van der Waals surface area contributed by atoms with E-state index in [2.05, 4.69) is 35.1 Å². The zero-order valence-electron chi connectivity index (χ0n) is 13.9. The van der Waals surface area contributed by atoms with Gasteiger partial charge in [0.2, 0.25) is 5.91 Å². The summed E-state index contributed by atoms with van der Waals surface area (Å²) in [5.74, 6) is 1.21. The molecule has 0 unspecified atom stereocenters. The lowest BCUT2D eigenvalue weighted by Gasteiger charge is -2.16. The summed E-state index contributed by atoms with van der Waals surface area (Å²) in [7, 11) is 0. The molecule has 0 fully saturated rings. The van der Waals surface area contributed by atoms with Gasteiger partial charge in [-0.25, -0.2) is 0 Å². The van der Waals surface area contributed by atoms with Crippen molar-refractivity contribution in [3.63, 3.8) is 0 Å². The third kappa shape index (κ3) is 3.89. The fourth-order valence-electron chi connectivity index (χ4n) is 2.69. The van der Waals surface area contributed by atoms with Gasteiger partial charge in [0.1, 0.15) is 0 Å². The van der Waals surface area contributed by atoms with Gasteiger partial charge in [-0.05, 0) is 43.7 Å². The lowest BCUT2D eigenvalue weighted by Crippen LogP contribution is -2.30. The van der Waals surface area contributed by atoms with Crippen molar-refractivity contribution in [2.24, 2.45) is 5.92 Å². The van der Waals surface area contributed by atoms with Crippen LogP contribution < -0.4 is 5.32 Å². The minimum Gasteiger partial charge on any atom is -0.410 e. The Labute approximate surface area is 149 Å². The first-order valence-corrected chi connectivity index (χ1v) is 9.77. The first-order chi connectivity index (χ1) is 11.6. The van der Waals surface area contributed by atoms with Crippen molar-refractivity contribution in [2.45, 2.75) is 43.6 Å². The molecule has 2 aromatic rings. The van der Waals surface area contributed by atoms with Gasteiger partial charge in [0.15, 0.2) is 0 Å². The van der Waals surface area contributed by atoms with Gasteiger partial charge in [0.05, 0.1) is 10.1 Å².